The molecular formula is C8H15NO4. The van der Waals surface area contributed by atoms with Crippen LogP contribution in [0.4, 0.5) is 0 Å². The van der Waals surface area contributed by atoms with E-state index in [4.69, 9.17) is 15.0 Å². The van der Waals surface area contributed by atoms with Crippen LogP contribution < -0.4 is 5.32 Å². The lowest BCUT2D eigenvalue weighted by Gasteiger charge is -2.29. The molecule has 5 heteroatoms. The normalized spacial score (nSPS) is 19.5. The Kier molecular flexibility index (Phi) is 5.06. The lowest BCUT2D eigenvalue weighted by atomic mass is 9.81. The van der Waals surface area contributed by atoms with Crippen LogP contribution in [0.2, 0.25) is 0 Å². The smallest absolute Gasteiger partial charge is 0.309 e. The number of carbonyl (C=O) groups is 2. The van der Waals surface area contributed by atoms with Crippen LogP contribution in [0.1, 0.15) is 19.8 Å². The summed E-state index contributed by atoms with van der Waals surface area (Å²) in [6.07, 6.45) is 1.50. The van der Waals surface area contributed by atoms with Gasteiger partial charge in [-0.1, -0.05) is 0 Å². The second-order valence-electron chi connectivity index (χ2n) is 3.22. The maximum Gasteiger partial charge on any atom is 0.309 e. The van der Waals surface area contributed by atoms with Crippen molar-refractivity contribution in [3.05, 3.63) is 0 Å². The maximum atomic E-state index is 10.6. The zero-order valence-corrected chi connectivity index (χ0v) is 7.62. The van der Waals surface area contributed by atoms with E-state index in [0.717, 1.165) is 25.9 Å². The van der Waals surface area contributed by atoms with E-state index in [9.17, 15) is 4.79 Å². The number of piperidine rings is 1. The highest BCUT2D eigenvalue weighted by molar-refractivity contribution is 5.74. The van der Waals surface area contributed by atoms with Gasteiger partial charge in [-0.2, -0.15) is 0 Å². The number of nitrogens with one attached hydrogen (secondary N) is 1. The SMILES string of the molecule is CC1(C(=O)O)CCNCC1.O=CO. The van der Waals surface area contributed by atoms with Gasteiger partial charge in [0, 0.05) is 0 Å². The van der Waals surface area contributed by atoms with Crippen molar-refractivity contribution in [2.45, 2.75) is 19.8 Å². The van der Waals surface area contributed by atoms with Gasteiger partial charge in [-0.05, 0) is 32.9 Å². The average molecular weight is 189 g/mol. The van der Waals surface area contributed by atoms with E-state index in [1.165, 1.54) is 0 Å². The number of carboxylic acid groups (broad SMARTS) is 2. The Morgan fingerprint density at radius 2 is 1.85 bits per heavy atom. The van der Waals surface area contributed by atoms with E-state index in [1.807, 2.05) is 6.92 Å². The summed E-state index contributed by atoms with van der Waals surface area (Å²) in [4.78, 5) is 19.0. The lowest BCUT2D eigenvalue weighted by molar-refractivity contribution is -0.149. The van der Waals surface area contributed by atoms with Crippen molar-refractivity contribution < 1.29 is 19.8 Å². The summed E-state index contributed by atoms with van der Waals surface area (Å²) in [6, 6.07) is 0. The molecule has 1 rings (SSSR count). The fourth-order valence-corrected chi connectivity index (χ4v) is 1.19. The molecule has 0 aromatic rings. The highest BCUT2D eigenvalue weighted by Crippen LogP contribution is 2.27. The van der Waals surface area contributed by atoms with Crippen LogP contribution in [0.25, 0.3) is 0 Å². The maximum absolute atomic E-state index is 10.6. The summed E-state index contributed by atoms with van der Waals surface area (Å²) >= 11 is 0. The van der Waals surface area contributed by atoms with Gasteiger partial charge in [0.1, 0.15) is 0 Å². The van der Waals surface area contributed by atoms with Crippen LogP contribution >= 0.6 is 0 Å². The van der Waals surface area contributed by atoms with Gasteiger partial charge in [0.25, 0.3) is 6.47 Å². The van der Waals surface area contributed by atoms with E-state index in [0.29, 0.717) is 0 Å². The predicted molar refractivity (Wildman–Crippen MR) is 46.5 cm³/mol. The molecule has 0 atom stereocenters. The first-order chi connectivity index (χ1) is 6.06. The van der Waals surface area contributed by atoms with Crippen LogP contribution in [0, 0.1) is 5.41 Å². The first kappa shape index (κ1) is 11.9. The molecule has 1 saturated heterocycles. The lowest BCUT2D eigenvalue weighted by Crippen LogP contribution is -2.39. The van der Waals surface area contributed by atoms with E-state index < -0.39 is 11.4 Å². The molecule has 0 aromatic heterocycles. The Bertz CT molecular complexity index is 175. The van der Waals surface area contributed by atoms with Gasteiger partial charge in [-0.3, -0.25) is 9.59 Å². The molecule has 0 aliphatic carbocycles. The number of rotatable bonds is 1. The molecule has 0 unspecified atom stereocenters. The summed E-state index contributed by atoms with van der Waals surface area (Å²) in [7, 11) is 0. The minimum atomic E-state index is -0.658. The molecule has 0 saturated carbocycles. The quantitative estimate of drug-likeness (QED) is 0.511. The Morgan fingerprint density at radius 1 is 1.46 bits per heavy atom. The predicted octanol–water partition coefficient (Wildman–Crippen LogP) is 0.161. The molecule has 13 heavy (non-hydrogen) atoms. The number of hydrogen-bond donors (Lipinski definition) is 3. The Labute approximate surface area is 76.8 Å². The molecule has 1 heterocycles. The zero-order valence-electron chi connectivity index (χ0n) is 7.62. The van der Waals surface area contributed by atoms with Gasteiger partial charge in [-0.25, -0.2) is 0 Å². The van der Waals surface area contributed by atoms with Gasteiger partial charge >= 0.3 is 5.97 Å². The van der Waals surface area contributed by atoms with Crippen molar-refractivity contribution in [3.8, 4) is 0 Å². The summed E-state index contributed by atoms with van der Waals surface area (Å²) in [5, 5.41) is 18.8. The third-order valence-electron chi connectivity index (χ3n) is 2.22. The van der Waals surface area contributed by atoms with Crippen LogP contribution in [0.5, 0.6) is 0 Å². The molecule has 0 radical (unpaired) electrons. The van der Waals surface area contributed by atoms with Gasteiger partial charge in [0.15, 0.2) is 0 Å². The van der Waals surface area contributed by atoms with Crippen molar-refractivity contribution >= 4 is 12.4 Å². The second kappa shape index (κ2) is 5.53. The van der Waals surface area contributed by atoms with Crippen molar-refractivity contribution in [3.63, 3.8) is 0 Å². The Hall–Kier alpha value is -1.10. The summed E-state index contributed by atoms with van der Waals surface area (Å²) < 4.78 is 0. The van der Waals surface area contributed by atoms with Crippen molar-refractivity contribution in [1.29, 1.82) is 0 Å². The van der Waals surface area contributed by atoms with Gasteiger partial charge in [-0.15, -0.1) is 0 Å². The molecule has 0 amide bonds. The molecule has 5 nitrogen and oxygen atoms in total. The van der Waals surface area contributed by atoms with Gasteiger partial charge in [0.2, 0.25) is 0 Å². The number of hydrogen-bond acceptors (Lipinski definition) is 3. The minimum absolute atomic E-state index is 0.250. The third kappa shape index (κ3) is 3.89. The van der Waals surface area contributed by atoms with Crippen LogP contribution in [-0.2, 0) is 9.59 Å². The summed E-state index contributed by atoms with van der Waals surface area (Å²) in [6.45, 7) is 3.24. The summed E-state index contributed by atoms with van der Waals surface area (Å²) in [5.41, 5.74) is -0.467. The first-order valence-electron chi connectivity index (χ1n) is 4.09. The monoisotopic (exact) mass is 189 g/mol. The standard InChI is InChI=1S/C7H13NO2.CH2O2/c1-7(6(9)10)2-4-8-5-3-7;2-1-3/h8H,2-5H2,1H3,(H,9,10);1H,(H,2,3). The highest BCUT2D eigenvalue weighted by Gasteiger charge is 2.33. The second-order valence-corrected chi connectivity index (χ2v) is 3.22. The van der Waals surface area contributed by atoms with Crippen LogP contribution in [0.15, 0.2) is 0 Å². The van der Waals surface area contributed by atoms with E-state index in [2.05, 4.69) is 5.32 Å². The Balaban J connectivity index is 0.000000424. The van der Waals surface area contributed by atoms with Crippen molar-refractivity contribution in [1.82, 2.24) is 5.32 Å². The minimum Gasteiger partial charge on any atom is -0.483 e. The zero-order chi connectivity index (χ0) is 10.3. The van der Waals surface area contributed by atoms with Gasteiger partial charge in [0.05, 0.1) is 5.41 Å². The van der Waals surface area contributed by atoms with Crippen molar-refractivity contribution in [2.75, 3.05) is 13.1 Å². The van der Waals surface area contributed by atoms with E-state index in [-0.39, 0.29) is 6.47 Å². The Morgan fingerprint density at radius 3 is 2.08 bits per heavy atom. The molecular weight excluding hydrogens is 174 g/mol. The average Bonchev–Trinajstić information content (AvgIpc) is 2.07. The molecule has 1 fully saturated rings. The van der Waals surface area contributed by atoms with E-state index >= 15 is 0 Å². The van der Waals surface area contributed by atoms with Crippen LogP contribution in [0.3, 0.4) is 0 Å². The number of carboxylic acids is 1. The molecule has 0 bridgehead atoms. The number of aliphatic carboxylic acids is 1. The first-order valence-corrected chi connectivity index (χ1v) is 4.09. The molecule has 1 aliphatic heterocycles. The molecule has 0 aromatic carbocycles. The van der Waals surface area contributed by atoms with Crippen molar-refractivity contribution in [2.24, 2.45) is 5.41 Å². The molecule has 0 spiro atoms. The largest absolute Gasteiger partial charge is 0.483 e. The topological polar surface area (TPSA) is 86.6 Å². The fourth-order valence-electron chi connectivity index (χ4n) is 1.19. The third-order valence-corrected chi connectivity index (χ3v) is 2.22. The molecule has 1 aliphatic rings. The molecule has 3 N–H and O–H groups in total. The molecule has 76 valence electrons. The van der Waals surface area contributed by atoms with E-state index in [1.54, 1.807) is 0 Å². The fraction of sp³-hybridized carbons (Fsp3) is 0.750. The van der Waals surface area contributed by atoms with Gasteiger partial charge < -0.3 is 15.5 Å². The highest BCUT2D eigenvalue weighted by atomic mass is 16.4. The summed E-state index contributed by atoms with van der Waals surface area (Å²) in [5.74, 6) is -0.658. The van der Waals surface area contributed by atoms with Crippen LogP contribution in [-0.4, -0.2) is 35.7 Å².